The molecule has 6 nitrogen and oxygen atoms in total. The summed E-state index contributed by atoms with van der Waals surface area (Å²) in [4.78, 5) is 12.3. The summed E-state index contributed by atoms with van der Waals surface area (Å²) in [7, 11) is -3.27. The van der Waals surface area contributed by atoms with E-state index in [0.29, 0.717) is 11.4 Å². The summed E-state index contributed by atoms with van der Waals surface area (Å²) in [6.45, 7) is 5.97. The zero-order valence-electron chi connectivity index (χ0n) is 13.6. The van der Waals surface area contributed by atoms with E-state index in [2.05, 4.69) is 5.10 Å². The van der Waals surface area contributed by atoms with Crippen LogP contribution in [-0.4, -0.2) is 37.0 Å². The Hall–Kier alpha value is -2.15. The molecule has 0 aliphatic carbocycles. The molecule has 0 radical (unpaired) electrons. The van der Waals surface area contributed by atoms with Crippen molar-refractivity contribution in [2.75, 3.05) is 12.9 Å². The smallest absolute Gasteiger partial charge is 0.357 e. The van der Waals surface area contributed by atoms with Crippen LogP contribution in [0.2, 0.25) is 0 Å². The number of carbonyl (C=O) groups is 1. The van der Waals surface area contributed by atoms with Crippen LogP contribution < -0.4 is 0 Å². The quantitative estimate of drug-likeness (QED) is 0.784. The van der Waals surface area contributed by atoms with Crippen LogP contribution >= 0.6 is 0 Å². The molecule has 0 aliphatic rings. The molecule has 0 bridgehead atoms. The number of sulfone groups is 1. The van der Waals surface area contributed by atoms with Crippen molar-refractivity contribution in [3.63, 3.8) is 0 Å². The summed E-state index contributed by atoms with van der Waals surface area (Å²) in [6.07, 6.45) is 1.15. The standard InChI is InChI=1S/C16H20N2O4S/c1-5-22-16(19)15-10-14(11(2)3)17-18(15)12-6-8-13(9-7-12)23(4,20)21/h6-11H,5H2,1-4H3. The van der Waals surface area contributed by atoms with E-state index in [1.807, 2.05) is 13.8 Å². The number of hydrogen-bond acceptors (Lipinski definition) is 5. The summed E-state index contributed by atoms with van der Waals surface area (Å²) in [5.74, 6) is -0.307. The van der Waals surface area contributed by atoms with Crippen LogP contribution in [0, 0.1) is 0 Å². The van der Waals surface area contributed by atoms with Gasteiger partial charge in [0.1, 0.15) is 0 Å². The van der Waals surface area contributed by atoms with Crippen LogP contribution in [0.1, 0.15) is 42.9 Å². The molecule has 0 N–H and O–H groups in total. The Bertz CT molecular complexity index is 805. The second-order valence-corrected chi connectivity index (χ2v) is 7.52. The molecule has 124 valence electrons. The van der Waals surface area contributed by atoms with Crippen molar-refractivity contribution in [1.82, 2.24) is 9.78 Å². The maximum Gasteiger partial charge on any atom is 0.357 e. The van der Waals surface area contributed by atoms with Gasteiger partial charge in [-0.1, -0.05) is 13.8 Å². The van der Waals surface area contributed by atoms with Crippen LogP contribution in [0.25, 0.3) is 5.69 Å². The number of ether oxygens (including phenoxy) is 1. The van der Waals surface area contributed by atoms with Gasteiger partial charge in [0, 0.05) is 6.26 Å². The normalized spacial score (nSPS) is 11.7. The highest BCUT2D eigenvalue weighted by Crippen LogP contribution is 2.20. The lowest BCUT2D eigenvalue weighted by atomic mass is 10.1. The van der Waals surface area contributed by atoms with E-state index in [0.717, 1.165) is 11.9 Å². The molecule has 0 saturated carbocycles. The molecule has 7 heteroatoms. The van der Waals surface area contributed by atoms with E-state index >= 15 is 0 Å². The first-order valence-electron chi connectivity index (χ1n) is 7.31. The molecule has 0 fully saturated rings. The van der Waals surface area contributed by atoms with E-state index in [-0.39, 0.29) is 17.4 Å². The Morgan fingerprint density at radius 3 is 2.35 bits per heavy atom. The number of carbonyl (C=O) groups excluding carboxylic acids is 1. The highest BCUT2D eigenvalue weighted by Gasteiger charge is 2.19. The molecule has 1 aromatic carbocycles. The van der Waals surface area contributed by atoms with Crippen molar-refractivity contribution < 1.29 is 17.9 Å². The third-order valence-electron chi connectivity index (χ3n) is 3.31. The Balaban J connectivity index is 2.51. The van der Waals surface area contributed by atoms with Gasteiger partial charge in [0.25, 0.3) is 0 Å². The Kier molecular flexibility index (Phi) is 4.89. The molecular formula is C16H20N2O4S. The van der Waals surface area contributed by atoms with Crippen molar-refractivity contribution in [3.8, 4) is 5.69 Å². The lowest BCUT2D eigenvalue weighted by molar-refractivity contribution is 0.0515. The van der Waals surface area contributed by atoms with E-state index in [1.165, 1.54) is 16.8 Å². The Morgan fingerprint density at radius 1 is 1.26 bits per heavy atom. The second-order valence-electron chi connectivity index (χ2n) is 5.51. The maximum atomic E-state index is 12.1. The van der Waals surface area contributed by atoms with E-state index < -0.39 is 15.8 Å². The summed E-state index contributed by atoms with van der Waals surface area (Å²) in [6, 6.07) is 7.94. The first-order chi connectivity index (χ1) is 10.7. The van der Waals surface area contributed by atoms with Crippen molar-refractivity contribution in [1.29, 1.82) is 0 Å². The van der Waals surface area contributed by atoms with Crippen LogP contribution in [0.15, 0.2) is 35.2 Å². The highest BCUT2D eigenvalue weighted by atomic mass is 32.2. The number of benzene rings is 1. The molecule has 0 aliphatic heterocycles. The number of esters is 1. The lowest BCUT2D eigenvalue weighted by Gasteiger charge is -2.07. The molecule has 2 rings (SSSR count). The van der Waals surface area contributed by atoms with Gasteiger partial charge in [-0.3, -0.25) is 0 Å². The molecule has 2 aromatic rings. The first kappa shape index (κ1) is 17.2. The third-order valence-corrected chi connectivity index (χ3v) is 4.44. The topological polar surface area (TPSA) is 78.3 Å². The van der Waals surface area contributed by atoms with E-state index in [1.54, 1.807) is 25.1 Å². The van der Waals surface area contributed by atoms with Gasteiger partial charge in [0.05, 0.1) is 22.9 Å². The first-order valence-corrected chi connectivity index (χ1v) is 9.20. The summed E-state index contributed by atoms with van der Waals surface area (Å²) < 4.78 is 29.6. The van der Waals surface area contributed by atoms with Gasteiger partial charge in [0.2, 0.25) is 0 Å². The zero-order chi connectivity index (χ0) is 17.2. The van der Waals surface area contributed by atoms with E-state index in [4.69, 9.17) is 4.74 Å². The number of hydrogen-bond donors (Lipinski definition) is 0. The SMILES string of the molecule is CCOC(=O)c1cc(C(C)C)nn1-c1ccc(S(C)(=O)=O)cc1. The van der Waals surface area contributed by atoms with Gasteiger partial charge < -0.3 is 4.74 Å². The predicted molar refractivity (Wildman–Crippen MR) is 86.7 cm³/mol. The van der Waals surface area contributed by atoms with Gasteiger partial charge in [-0.2, -0.15) is 5.10 Å². The highest BCUT2D eigenvalue weighted by molar-refractivity contribution is 7.90. The van der Waals surface area contributed by atoms with Gasteiger partial charge in [-0.05, 0) is 43.2 Å². The average molecular weight is 336 g/mol. The molecule has 0 atom stereocenters. The summed E-state index contributed by atoms with van der Waals surface area (Å²) >= 11 is 0. The van der Waals surface area contributed by atoms with Crippen molar-refractivity contribution in [2.24, 2.45) is 0 Å². The molecule has 1 heterocycles. The number of aromatic nitrogens is 2. The largest absolute Gasteiger partial charge is 0.461 e. The summed E-state index contributed by atoms with van der Waals surface area (Å²) in [5, 5.41) is 4.44. The van der Waals surface area contributed by atoms with Crippen molar-refractivity contribution in [2.45, 2.75) is 31.6 Å². The lowest BCUT2D eigenvalue weighted by Crippen LogP contribution is -2.12. The fourth-order valence-electron chi connectivity index (χ4n) is 2.06. The molecule has 1 aromatic heterocycles. The minimum absolute atomic E-state index is 0.153. The molecule has 0 amide bonds. The average Bonchev–Trinajstić information content (AvgIpc) is 2.92. The third kappa shape index (κ3) is 3.79. The van der Waals surface area contributed by atoms with Crippen LogP contribution in [0.5, 0.6) is 0 Å². The number of nitrogens with zero attached hydrogens (tertiary/aromatic N) is 2. The summed E-state index contributed by atoms with van der Waals surface area (Å²) in [5.41, 5.74) is 1.69. The van der Waals surface area contributed by atoms with Crippen LogP contribution in [-0.2, 0) is 14.6 Å². The Morgan fingerprint density at radius 2 is 1.87 bits per heavy atom. The molecule has 0 saturated heterocycles. The van der Waals surface area contributed by atoms with Crippen LogP contribution in [0.4, 0.5) is 0 Å². The Labute approximate surface area is 136 Å². The molecule has 23 heavy (non-hydrogen) atoms. The maximum absolute atomic E-state index is 12.1. The van der Waals surface area contributed by atoms with E-state index in [9.17, 15) is 13.2 Å². The fraction of sp³-hybridized carbons (Fsp3) is 0.375. The molecular weight excluding hydrogens is 316 g/mol. The predicted octanol–water partition coefficient (Wildman–Crippen LogP) is 2.58. The fourth-order valence-corrected chi connectivity index (χ4v) is 2.69. The van der Waals surface area contributed by atoms with Gasteiger partial charge in [-0.15, -0.1) is 0 Å². The monoisotopic (exact) mass is 336 g/mol. The van der Waals surface area contributed by atoms with Crippen molar-refractivity contribution >= 4 is 15.8 Å². The molecule has 0 spiro atoms. The number of rotatable bonds is 5. The second kappa shape index (κ2) is 6.54. The van der Waals surface area contributed by atoms with Crippen LogP contribution in [0.3, 0.4) is 0 Å². The van der Waals surface area contributed by atoms with Gasteiger partial charge in [0.15, 0.2) is 15.5 Å². The minimum atomic E-state index is -3.27. The van der Waals surface area contributed by atoms with Crippen molar-refractivity contribution in [3.05, 3.63) is 41.7 Å². The van der Waals surface area contributed by atoms with Gasteiger partial charge in [-0.25, -0.2) is 17.9 Å². The molecule has 0 unspecified atom stereocenters. The van der Waals surface area contributed by atoms with Gasteiger partial charge >= 0.3 is 5.97 Å². The minimum Gasteiger partial charge on any atom is -0.461 e. The zero-order valence-corrected chi connectivity index (χ0v) is 14.4.